The molecule has 0 saturated carbocycles. The molecule has 0 saturated heterocycles. The molecule has 6 heteroatoms. The van der Waals surface area contributed by atoms with Gasteiger partial charge in [-0.05, 0) is 18.4 Å². The summed E-state index contributed by atoms with van der Waals surface area (Å²) in [5.41, 5.74) is -0.258. The van der Waals surface area contributed by atoms with Crippen molar-refractivity contribution in [3.05, 3.63) is 40.8 Å². The van der Waals surface area contributed by atoms with Gasteiger partial charge in [-0.25, -0.2) is 4.68 Å². The number of aromatic nitrogens is 2. The number of ether oxygens (including phenoxy) is 1. The molecule has 0 bridgehead atoms. The summed E-state index contributed by atoms with van der Waals surface area (Å²) in [6, 6.07) is 7.20. The lowest BCUT2D eigenvalue weighted by Gasteiger charge is -2.09. The van der Waals surface area contributed by atoms with Crippen LogP contribution in [0, 0.1) is 5.92 Å². The Morgan fingerprint density at radius 3 is 2.87 bits per heavy atom. The lowest BCUT2D eigenvalue weighted by atomic mass is 10.1. The van der Waals surface area contributed by atoms with Crippen molar-refractivity contribution in [2.45, 2.75) is 26.8 Å². The van der Waals surface area contributed by atoms with Gasteiger partial charge in [-0.15, -0.1) is 0 Å². The molecule has 0 fully saturated rings. The van der Waals surface area contributed by atoms with Crippen LogP contribution in [-0.2, 0) is 16.1 Å². The Morgan fingerprint density at radius 2 is 2.09 bits per heavy atom. The third-order valence-electron chi connectivity index (χ3n) is 3.46. The van der Waals surface area contributed by atoms with Gasteiger partial charge in [-0.2, -0.15) is 5.10 Å². The molecule has 0 spiro atoms. The van der Waals surface area contributed by atoms with Gasteiger partial charge >= 0.3 is 0 Å². The highest BCUT2D eigenvalue weighted by Gasteiger charge is 2.07. The first kappa shape index (κ1) is 17.1. The van der Waals surface area contributed by atoms with Crippen LogP contribution in [0.4, 0.5) is 0 Å². The predicted octanol–water partition coefficient (Wildman–Crippen LogP) is 1.58. The van der Waals surface area contributed by atoms with Crippen LogP contribution in [-0.4, -0.2) is 35.4 Å². The fourth-order valence-electron chi connectivity index (χ4n) is 2.12. The predicted molar refractivity (Wildman–Crippen MR) is 89.3 cm³/mol. The zero-order valence-corrected chi connectivity index (χ0v) is 13.6. The van der Waals surface area contributed by atoms with E-state index >= 15 is 0 Å². The number of benzene rings is 1. The maximum absolute atomic E-state index is 12.2. The molecule has 0 atom stereocenters. The third kappa shape index (κ3) is 5.17. The minimum absolute atomic E-state index is 0.0876. The van der Waals surface area contributed by atoms with Crippen LogP contribution in [0.25, 0.3) is 10.8 Å². The molecule has 0 aliphatic rings. The number of hydrogen-bond acceptors (Lipinski definition) is 4. The number of nitrogens with zero attached hydrogens (tertiary/aromatic N) is 2. The van der Waals surface area contributed by atoms with Crippen LogP contribution >= 0.6 is 0 Å². The Morgan fingerprint density at radius 1 is 1.30 bits per heavy atom. The van der Waals surface area contributed by atoms with Crippen molar-refractivity contribution in [2.24, 2.45) is 5.92 Å². The Bertz CT molecular complexity index is 710. The topological polar surface area (TPSA) is 73.2 Å². The van der Waals surface area contributed by atoms with Crippen molar-refractivity contribution in [2.75, 3.05) is 19.8 Å². The minimum Gasteiger partial charge on any atom is -0.380 e. The number of amides is 1. The first-order valence-electron chi connectivity index (χ1n) is 7.87. The number of carbonyl (C=O) groups is 1. The van der Waals surface area contributed by atoms with Gasteiger partial charge in [0.05, 0.1) is 18.2 Å². The zero-order valence-electron chi connectivity index (χ0n) is 13.6. The van der Waals surface area contributed by atoms with Gasteiger partial charge in [0, 0.05) is 18.5 Å². The second-order valence-corrected chi connectivity index (χ2v) is 5.84. The van der Waals surface area contributed by atoms with E-state index in [-0.39, 0.29) is 18.0 Å². The Balaban J connectivity index is 1.82. The number of rotatable bonds is 8. The molecule has 1 aromatic heterocycles. The Labute approximate surface area is 135 Å². The van der Waals surface area contributed by atoms with Gasteiger partial charge in [0.2, 0.25) is 5.91 Å². The summed E-state index contributed by atoms with van der Waals surface area (Å²) in [7, 11) is 0. The Kier molecular flexibility index (Phi) is 6.29. The van der Waals surface area contributed by atoms with E-state index in [1.165, 1.54) is 4.68 Å². The maximum atomic E-state index is 12.2. The van der Waals surface area contributed by atoms with Crippen molar-refractivity contribution in [1.82, 2.24) is 15.1 Å². The first-order valence-corrected chi connectivity index (χ1v) is 7.87. The molecule has 0 aliphatic carbocycles. The lowest BCUT2D eigenvalue weighted by Crippen LogP contribution is -2.35. The smallest absolute Gasteiger partial charge is 0.275 e. The van der Waals surface area contributed by atoms with Crippen molar-refractivity contribution >= 4 is 16.7 Å². The third-order valence-corrected chi connectivity index (χ3v) is 3.46. The Hall–Kier alpha value is -2.21. The van der Waals surface area contributed by atoms with Gasteiger partial charge < -0.3 is 10.1 Å². The molecule has 2 rings (SSSR count). The van der Waals surface area contributed by atoms with Gasteiger partial charge in [-0.1, -0.05) is 32.0 Å². The highest BCUT2D eigenvalue weighted by atomic mass is 16.5. The molecule has 0 radical (unpaired) electrons. The van der Waals surface area contributed by atoms with Crippen molar-refractivity contribution in [3.63, 3.8) is 0 Å². The highest BCUT2D eigenvalue weighted by molar-refractivity contribution is 5.81. The van der Waals surface area contributed by atoms with E-state index in [0.29, 0.717) is 31.1 Å². The molecule has 1 amide bonds. The summed E-state index contributed by atoms with van der Waals surface area (Å²) in [4.78, 5) is 24.1. The average Bonchev–Trinajstić information content (AvgIpc) is 2.53. The standard InChI is InChI=1S/C17H23N3O3/c1-13(2)7-9-23-10-8-18-16(21)12-20-17(22)15-6-4-3-5-14(15)11-19-20/h3-6,11,13H,7-10,12H2,1-2H3,(H,18,21). The summed E-state index contributed by atoms with van der Waals surface area (Å²) in [5.74, 6) is 0.359. The van der Waals surface area contributed by atoms with E-state index in [2.05, 4.69) is 24.3 Å². The van der Waals surface area contributed by atoms with Crippen molar-refractivity contribution in [3.8, 4) is 0 Å². The summed E-state index contributed by atoms with van der Waals surface area (Å²) in [6.45, 7) is 5.78. The average molecular weight is 317 g/mol. The SMILES string of the molecule is CC(C)CCOCCNC(=O)Cn1ncc2ccccc2c1=O. The van der Waals surface area contributed by atoms with Crippen LogP contribution in [0.15, 0.2) is 35.3 Å². The van der Waals surface area contributed by atoms with Crippen LogP contribution < -0.4 is 10.9 Å². The second-order valence-electron chi connectivity index (χ2n) is 5.84. The molecule has 23 heavy (non-hydrogen) atoms. The van der Waals surface area contributed by atoms with Gasteiger partial charge in [0.25, 0.3) is 5.56 Å². The number of carbonyl (C=O) groups excluding carboxylic acids is 1. The zero-order chi connectivity index (χ0) is 16.7. The summed E-state index contributed by atoms with van der Waals surface area (Å²) < 4.78 is 6.61. The summed E-state index contributed by atoms with van der Waals surface area (Å²) >= 11 is 0. The van der Waals surface area contributed by atoms with E-state index in [1.54, 1.807) is 18.3 Å². The van der Waals surface area contributed by atoms with Crippen LogP contribution in [0.1, 0.15) is 20.3 Å². The molecule has 6 nitrogen and oxygen atoms in total. The van der Waals surface area contributed by atoms with E-state index in [0.717, 1.165) is 11.8 Å². The molecule has 1 N–H and O–H groups in total. The van der Waals surface area contributed by atoms with E-state index in [9.17, 15) is 9.59 Å². The van der Waals surface area contributed by atoms with Crippen LogP contribution in [0.2, 0.25) is 0 Å². The van der Waals surface area contributed by atoms with Gasteiger partial charge in [0.1, 0.15) is 6.54 Å². The highest BCUT2D eigenvalue weighted by Crippen LogP contribution is 2.06. The summed E-state index contributed by atoms with van der Waals surface area (Å²) in [5, 5.41) is 8.10. The van der Waals surface area contributed by atoms with E-state index in [4.69, 9.17) is 4.74 Å². The van der Waals surface area contributed by atoms with Crippen LogP contribution in [0.5, 0.6) is 0 Å². The molecule has 0 unspecified atom stereocenters. The molecular weight excluding hydrogens is 294 g/mol. The molecule has 1 aromatic carbocycles. The molecule has 2 aromatic rings. The number of nitrogens with one attached hydrogen (secondary N) is 1. The van der Waals surface area contributed by atoms with Crippen molar-refractivity contribution in [1.29, 1.82) is 0 Å². The minimum atomic E-state index is -0.258. The van der Waals surface area contributed by atoms with Crippen molar-refractivity contribution < 1.29 is 9.53 Å². The van der Waals surface area contributed by atoms with Gasteiger partial charge in [0.15, 0.2) is 0 Å². The lowest BCUT2D eigenvalue weighted by molar-refractivity contribution is -0.122. The number of hydrogen-bond donors (Lipinski definition) is 1. The fraction of sp³-hybridized carbons (Fsp3) is 0.471. The van der Waals surface area contributed by atoms with Gasteiger partial charge in [-0.3, -0.25) is 9.59 Å². The molecule has 124 valence electrons. The quantitative estimate of drug-likeness (QED) is 0.750. The summed E-state index contributed by atoms with van der Waals surface area (Å²) in [6.07, 6.45) is 2.60. The maximum Gasteiger partial charge on any atom is 0.275 e. The monoisotopic (exact) mass is 317 g/mol. The van der Waals surface area contributed by atoms with Crippen LogP contribution in [0.3, 0.4) is 0 Å². The molecular formula is C17H23N3O3. The number of fused-ring (bicyclic) bond motifs is 1. The first-order chi connectivity index (χ1) is 11.1. The normalized spacial score (nSPS) is 11.1. The second kappa shape index (κ2) is 8.43. The largest absolute Gasteiger partial charge is 0.380 e. The molecule has 0 aliphatic heterocycles. The van der Waals surface area contributed by atoms with E-state index < -0.39 is 0 Å². The van der Waals surface area contributed by atoms with E-state index in [1.807, 2.05) is 12.1 Å². The molecule has 1 heterocycles. The fourth-order valence-corrected chi connectivity index (χ4v) is 2.12.